The maximum Gasteiger partial charge on any atom is 0.168 e. The molecule has 25 heavy (non-hydrogen) atoms. The number of fused-ring (bicyclic) bond motifs is 1. The molecule has 1 aliphatic rings. The van der Waals surface area contributed by atoms with Crippen molar-refractivity contribution < 1.29 is 4.79 Å². The average Bonchev–Trinajstić information content (AvgIpc) is 2.58. The number of pyridine rings is 1. The second-order valence-electron chi connectivity index (χ2n) is 8.55. The smallest absolute Gasteiger partial charge is 0.168 e. The number of nitrogens with zero attached hydrogens (tertiary/aromatic N) is 1. The highest BCUT2D eigenvalue weighted by Gasteiger charge is 2.37. The van der Waals surface area contributed by atoms with E-state index < -0.39 is 0 Å². The van der Waals surface area contributed by atoms with E-state index in [-0.39, 0.29) is 10.8 Å². The zero-order valence-corrected chi connectivity index (χ0v) is 15.9. The van der Waals surface area contributed by atoms with Gasteiger partial charge in [-0.15, -0.1) is 0 Å². The van der Waals surface area contributed by atoms with E-state index in [2.05, 4.69) is 58.3 Å². The lowest BCUT2D eigenvalue weighted by Crippen LogP contribution is -2.34. The number of carbonyl (C=O) groups is 1. The molecule has 0 atom stereocenters. The highest BCUT2D eigenvalue weighted by Crippen LogP contribution is 2.47. The minimum Gasteiger partial charge on any atom is -0.296 e. The molecule has 0 spiro atoms. The first kappa shape index (κ1) is 17.6. The Morgan fingerprint density at radius 3 is 2.20 bits per heavy atom. The van der Waals surface area contributed by atoms with Crippen LogP contribution in [0.25, 0.3) is 5.57 Å². The second kappa shape index (κ2) is 5.94. The molecule has 0 bridgehead atoms. The first-order valence-electron chi connectivity index (χ1n) is 8.92. The Balaban J connectivity index is 2.11. The number of rotatable bonds is 3. The molecule has 0 radical (unpaired) electrons. The molecule has 2 aromatic rings. The SMILES string of the molecule is C=C(c1ccc(C=O)nc1)c1cc2c(cc1C)C(C)(C)CCC2(C)C. The van der Waals surface area contributed by atoms with E-state index in [0.717, 1.165) is 17.4 Å². The van der Waals surface area contributed by atoms with Crippen LogP contribution in [0, 0.1) is 6.92 Å². The maximum absolute atomic E-state index is 10.8. The van der Waals surface area contributed by atoms with Crippen LogP contribution in [0.1, 0.15) is 78.8 Å². The molecule has 1 aliphatic carbocycles. The molecule has 0 unspecified atom stereocenters. The second-order valence-corrected chi connectivity index (χ2v) is 8.55. The Morgan fingerprint density at radius 1 is 1.08 bits per heavy atom. The molecule has 1 aromatic heterocycles. The molecule has 0 saturated heterocycles. The van der Waals surface area contributed by atoms with Crippen molar-refractivity contribution in [1.82, 2.24) is 4.98 Å². The number of hydrogen-bond acceptors (Lipinski definition) is 2. The Bertz CT molecular complexity index is 841. The van der Waals surface area contributed by atoms with Crippen molar-refractivity contribution in [3.05, 3.63) is 70.6 Å². The van der Waals surface area contributed by atoms with E-state index in [1.165, 1.54) is 35.1 Å². The summed E-state index contributed by atoms with van der Waals surface area (Å²) >= 11 is 0. The van der Waals surface area contributed by atoms with Crippen molar-refractivity contribution in [2.75, 3.05) is 0 Å². The summed E-state index contributed by atoms with van der Waals surface area (Å²) in [5, 5.41) is 0. The third-order valence-corrected chi connectivity index (χ3v) is 5.78. The zero-order chi connectivity index (χ0) is 18.4. The Labute approximate surface area is 151 Å². The van der Waals surface area contributed by atoms with Crippen LogP contribution in [-0.4, -0.2) is 11.3 Å². The molecule has 3 rings (SSSR count). The van der Waals surface area contributed by atoms with Crippen LogP contribution in [0.3, 0.4) is 0 Å². The van der Waals surface area contributed by atoms with Gasteiger partial charge < -0.3 is 0 Å². The van der Waals surface area contributed by atoms with Crippen molar-refractivity contribution in [1.29, 1.82) is 0 Å². The standard InChI is InChI=1S/C23H27NO/c1-15-11-20-21(23(5,6)10-9-22(20,3)4)12-19(15)16(2)17-7-8-18(14-25)24-13-17/h7-8,11-14H,2,9-10H2,1,3-6H3. The van der Waals surface area contributed by atoms with E-state index in [4.69, 9.17) is 0 Å². The van der Waals surface area contributed by atoms with Gasteiger partial charge in [0.05, 0.1) is 0 Å². The van der Waals surface area contributed by atoms with Gasteiger partial charge in [-0.25, -0.2) is 0 Å². The summed E-state index contributed by atoms with van der Waals surface area (Å²) in [6.07, 6.45) is 4.91. The number of aldehydes is 1. The summed E-state index contributed by atoms with van der Waals surface area (Å²) in [6, 6.07) is 8.35. The molecule has 0 amide bonds. The van der Waals surface area contributed by atoms with E-state index in [1.807, 2.05) is 6.07 Å². The molecule has 1 aromatic carbocycles. The van der Waals surface area contributed by atoms with E-state index in [0.29, 0.717) is 5.69 Å². The molecule has 1 heterocycles. The van der Waals surface area contributed by atoms with Crippen LogP contribution in [0.15, 0.2) is 37.0 Å². The summed E-state index contributed by atoms with van der Waals surface area (Å²) in [7, 11) is 0. The molecule has 0 N–H and O–H groups in total. The van der Waals surface area contributed by atoms with Gasteiger partial charge in [0.15, 0.2) is 6.29 Å². The van der Waals surface area contributed by atoms with Gasteiger partial charge in [-0.05, 0) is 64.5 Å². The highest BCUT2D eigenvalue weighted by molar-refractivity contribution is 5.81. The Hall–Kier alpha value is -2.22. The minimum atomic E-state index is 0.174. The molecule has 0 aliphatic heterocycles. The molecule has 0 saturated carbocycles. The van der Waals surface area contributed by atoms with Crippen molar-refractivity contribution in [3.8, 4) is 0 Å². The number of benzene rings is 1. The molecule has 130 valence electrons. The van der Waals surface area contributed by atoms with E-state index in [1.54, 1.807) is 12.3 Å². The summed E-state index contributed by atoms with van der Waals surface area (Å²) < 4.78 is 0. The molecule has 2 nitrogen and oxygen atoms in total. The third-order valence-electron chi connectivity index (χ3n) is 5.78. The molecular formula is C23H27NO. The largest absolute Gasteiger partial charge is 0.296 e. The third kappa shape index (κ3) is 3.06. The van der Waals surface area contributed by atoms with Gasteiger partial charge in [0, 0.05) is 11.8 Å². The normalized spacial score (nSPS) is 17.6. The van der Waals surface area contributed by atoms with Crippen molar-refractivity contribution in [2.45, 2.75) is 58.3 Å². The number of aryl methyl sites for hydroxylation is 1. The fraction of sp³-hybridized carbons (Fsp3) is 0.391. The lowest BCUT2D eigenvalue weighted by molar-refractivity contribution is 0.111. The first-order valence-corrected chi connectivity index (χ1v) is 8.92. The molecule has 2 heteroatoms. The summed E-state index contributed by atoms with van der Waals surface area (Å²) in [6.45, 7) is 15.8. The van der Waals surface area contributed by atoms with E-state index >= 15 is 0 Å². The van der Waals surface area contributed by atoms with Crippen LogP contribution in [0.4, 0.5) is 0 Å². The zero-order valence-electron chi connectivity index (χ0n) is 15.9. The summed E-state index contributed by atoms with van der Waals surface area (Å²) in [5.41, 5.74) is 8.07. The predicted molar refractivity (Wildman–Crippen MR) is 104 cm³/mol. The van der Waals surface area contributed by atoms with E-state index in [9.17, 15) is 4.79 Å². The maximum atomic E-state index is 10.8. The summed E-state index contributed by atoms with van der Waals surface area (Å²) in [5.74, 6) is 0. The Morgan fingerprint density at radius 2 is 1.68 bits per heavy atom. The number of carbonyl (C=O) groups excluding carboxylic acids is 1. The number of aromatic nitrogens is 1. The van der Waals surface area contributed by atoms with Gasteiger partial charge in [-0.1, -0.05) is 52.5 Å². The molecular weight excluding hydrogens is 306 g/mol. The van der Waals surface area contributed by atoms with Gasteiger partial charge in [0.1, 0.15) is 5.69 Å². The lowest BCUT2D eigenvalue weighted by Gasteiger charge is -2.42. The van der Waals surface area contributed by atoms with Gasteiger partial charge >= 0.3 is 0 Å². The average molecular weight is 333 g/mol. The predicted octanol–water partition coefficient (Wildman–Crippen LogP) is 5.61. The highest BCUT2D eigenvalue weighted by atomic mass is 16.1. The Kier molecular flexibility index (Phi) is 4.18. The van der Waals surface area contributed by atoms with Crippen LogP contribution in [0.2, 0.25) is 0 Å². The van der Waals surface area contributed by atoms with Crippen molar-refractivity contribution in [2.24, 2.45) is 0 Å². The van der Waals surface area contributed by atoms with Gasteiger partial charge in [-0.2, -0.15) is 0 Å². The first-order chi connectivity index (χ1) is 11.7. The van der Waals surface area contributed by atoms with Crippen molar-refractivity contribution in [3.63, 3.8) is 0 Å². The van der Waals surface area contributed by atoms with Crippen LogP contribution in [-0.2, 0) is 10.8 Å². The van der Waals surface area contributed by atoms with Crippen LogP contribution < -0.4 is 0 Å². The van der Waals surface area contributed by atoms with Gasteiger partial charge in [0.2, 0.25) is 0 Å². The number of hydrogen-bond donors (Lipinski definition) is 0. The van der Waals surface area contributed by atoms with Gasteiger partial charge in [-0.3, -0.25) is 9.78 Å². The van der Waals surface area contributed by atoms with Crippen LogP contribution >= 0.6 is 0 Å². The summed E-state index contributed by atoms with van der Waals surface area (Å²) in [4.78, 5) is 15.0. The fourth-order valence-corrected chi connectivity index (χ4v) is 3.86. The fourth-order valence-electron chi connectivity index (χ4n) is 3.86. The van der Waals surface area contributed by atoms with Crippen LogP contribution in [0.5, 0.6) is 0 Å². The van der Waals surface area contributed by atoms with Gasteiger partial charge in [0.25, 0.3) is 0 Å². The topological polar surface area (TPSA) is 30.0 Å². The molecule has 0 fully saturated rings. The van der Waals surface area contributed by atoms with Crippen molar-refractivity contribution >= 4 is 11.9 Å². The quantitative estimate of drug-likeness (QED) is 0.683. The lowest BCUT2D eigenvalue weighted by atomic mass is 9.62. The minimum absolute atomic E-state index is 0.174. The monoisotopic (exact) mass is 333 g/mol.